The summed E-state index contributed by atoms with van der Waals surface area (Å²) in [7, 11) is -0.983. The van der Waals surface area contributed by atoms with Gasteiger partial charge in [-0.25, -0.2) is 8.42 Å². The van der Waals surface area contributed by atoms with Gasteiger partial charge >= 0.3 is 0 Å². The Morgan fingerprint density at radius 3 is 2.26 bits per heavy atom. The number of sulfone groups is 1. The van der Waals surface area contributed by atoms with E-state index < -0.39 is 9.84 Å². The van der Waals surface area contributed by atoms with E-state index in [9.17, 15) is 8.42 Å². The van der Waals surface area contributed by atoms with Crippen LogP contribution in [0.15, 0.2) is 29.2 Å². The summed E-state index contributed by atoms with van der Waals surface area (Å²) < 4.78 is 22.6. The lowest BCUT2D eigenvalue weighted by atomic mass is 10.3. The molecule has 0 fully saturated rings. The molecule has 0 radical (unpaired) electrons. The quantitative estimate of drug-likeness (QED) is 0.780. The van der Waals surface area contributed by atoms with Crippen LogP contribution in [-0.4, -0.2) is 45.8 Å². The highest BCUT2D eigenvalue weighted by atomic mass is 32.2. The molecule has 1 aromatic rings. The summed E-state index contributed by atoms with van der Waals surface area (Å²) in [6.45, 7) is 6.29. The highest BCUT2D eigenvalue weighted by Gasteiger charge is 2.06. The summed E-state index contributed by atoms with van der Waals surface area (Å²) >= 11 is 0. The van der Waals surface area contributed by atoms with Gasteiger partial charge in [-0.05, 0) is 58.1 Å². The largest absolute Gasteiger partial charge is 0.385 e. The zero-order valence-electron chi connectivity index (χ0n) is 12.2. The molecule has 0 saturated heterocycles. The SMILES string of the molecule is CC(C)N(C)CCCNc1ccc(S(C)(=O)=O)cc1. The summed E-state index contributed by atoms with van der Waals surface area (Å²) in [4.78, 5) is 2.66. The molecular weight excluding hydrogens is 260 g/mol. The molecule has 0 amide bonds. The van der Waals surface area contributed by atoms with E-state index in [2.05, 4.69) is 31.1 Å². The fraction of sp³-hybridized carbons (Fsp3) is 0.571. The third kappa shape index (κ3) is 5.61. The predicted octanol–water partition coefficient (Wildman–Crippen LogP) is 2.23. The standard InChI is InChI=1S/C14H24N2O2S/c1-12(2)16(3)11-5-10-15-13-6-8-14(9-7-13)19(4,17)18/h6-9,12,15H,5,10-11H2,1-4H3. The Morgan fingerprint density at radius 2 is 1.79 bits per heavy atom. The lowest BCUT2D eigenvalue weighted by Gasteiger charge is -2.20. The number of nitrogens with zero attached hydrogens (tertiary/aromatic N) is 1. The Balaban J connectivity index is 2.39. The van der Waals surface area contributed by atoms with E-state index >= 15 is 0 Å². The van der Waals surface area contributed by atoms with Crippen molar-refractivity contribution >= 4 is 15.5 Å². The summed E-state index contributed by atoms with van der Waals surface area (Å²) in [5.41, 5.74) is 0.958. The van der Waals surface area contributed by atoms with E-state index in [1.54, 1.807) is 12.1 Å². The predicted molar refractivity (Wildman–Crippen MR) is 80.4 cm³/mol. The van der Waals surface area contributed by atoms with Gasteiger partial charge in [0.1, 0.15) is 0 Å². The number of rotatable bonds is 7. The number of hydrogen-bond acceptors (Lipinski definition) is 4. The Morgan fingerprint density at radius 1 is 1.21 bits per heavy atom. The van der Waals surface area contributed by atoms with Gasteiger partial charge in [0.2, 0.25) is 0 Å². The zero-order valence-corrected chi connectivity index (χ0v) is 13.0. The van der Waals surface area contributed by atoms with Crippen LogP contribution in [0.1, 0.15) is 20.3 Å². The maximum atomic E-state index is 11.3. The van der Waals surface area contributed by atoms with Crippen molar-refractivity contribution in [3.8, 4) is 0 Å². The van der Waals surface area contributed by atoms with E-state index in [4.69, 9.17) is 0 Å². The molecule has 108 valence electrons. The van der Waals surface area contributed by atoms with Crippen molar-refractivity contribution in [1.82, 2.24) is 4.90 Å². The Hall–Kier alpha value is -1.07. The molecule has 0 heterocycles. The van der Waals surface area contributed by atoms with Crippen LogP contribution in [0.5, 0.6) is 0 Å². The zero-order chi connectivity index (χ0) is 14.5. The van der Waals surface area contributed by atoms with E-state index in [0.29, 0.717) is 10.9 Å². The number of benzene rings is 1. The molecule has 0 spiro atoms. The molecule has 1 aromatic carbocycles. The highest BCUT2D eigenvalue weighted by molar-refractivity contribution is 7.90. The molecule has 0 unspecified atom stereocenters. The van der Waals surface area contributed by atoms with Gasteiger partial charge in [0.25, 0.3) is 0 Å². The van der Waals surface area contributed by atoms with Crippen molar-refractivity contribution in [2.24, 2.45) is 0 Å². The normalized spacial score (nSPS) is 12.1. The maximum Gasteiger partial charge on any atom is 0.175 e. The van der Waals surface area contributed by atoms with Gasteiger partial charge in [-0.1, -0.05) is 0 Å². The molecule has 0 atom stereocenters. The molecule has 5 heteroatoms. The molecule has 0 aromatic heterocycles. The second-order valence-corrected chi connectivity index (χ2v) is 7.17. The Kier molecular flexibility index (Phi) is 5.82. The molecule has 1 N–H and O–H groups in total. The molecule has 0 aliphatic carbocycles. The third-order valence-corrected chi connectivity index (χ3v) is 4.31. The van der Waals surface area contributed by atoms with Crippen LogP contribution in [0, 0.1) is 0 Å². The molecule has 1 rings (SSSR count). The van der Waals surface area contributed by atoms with Crippen LogP contribution in [-0.2, 0) is 9.84 Å². The van der Waals surface area contributed by atoms with Crippen LogP contribution < -0.4 is 5.32 Å². The minimum absolute atomic E-state index is 0.359. The Labute approximate surface area is 116 Å². The molecule has 0 aliphatic heterocycles. The first kappa shape index (κ1) is 16.0. The van der Waals surface area contributed by atoms with Crippen LogP contribution in [0.25, 0.3) is 0 Å². The minimum Gasteiger partial charge on any atom is -0.385 e. The summed E-state index contributed by atoms with van der Waals surface area (Å²) in [5, 5.41) is 3.30. The second-order valence-electron chi connectivity index (χ2n) is 5.15. The minimum atomic E-state index is -3.10. The summed E-state index contributed by atoms with van der Waals surface area (Å²) in [6, 6.07) is 7.45. The lowest BCUT2D eigenvalue weighted by molar-refractivity contribution is 0.273. The molecule has 0 bridgehead atoms. The number of hydrogen-bond donors (Lipinski definition) is 1. The van der Waals surface area contributed by atoms with E-state index in [-0.39, 0.29) is 0 Å². The van der Waals surface area contributed by atoms with Crippen molar-refractivity contribution in [1.29, 1.82) is 0 Å². The van der Waals surface area contributed by atoms with Gasteiger partial charge in [0.05, 0.1) is 4.90 Å². The smallest absolute Gasteiger partial charge is 0.175 e. The molecule has 0 aliphatic rings. The van der Waals surface area contributed by atoms with Crippen molar-refractivity contribution in [3.05, 3.63) is 24.3 Å². The number of anilines is 1. The fourth-order valence-corrected chi connectivity index (χ4v) is 2.27. The first-order chi connectivity index (χ1) is 8.80. The Bertz CT molecular complexity index is 481. The second kappa shape index (κ2) is 6.91. The van der Waals surface area contributed by atoms with Gasteiger partial charge in [-0.2, -0.15) is 0 Å². The summed E-state index contributed by atoms with van der Waals surface area (Å²) in [6.07, 6.45) is 2.28. The van der Waals surface area contributed by atoms with Crippen molar-refractivity contribution in [2.75, 3.05) is 31.7 Å². The van der Waals surface area contributed by atoms with Gasteiger partial charge in [0.15, 0.2) is 9.84 Å². The van der Waals surface area contributed by atoms with Crippen LogP contribution in [0.2, 0.25) is 0 Å². The van der Waals surface area contributed by atoms with Crippen molar-refractivity contribution < 1.29 is 8.42 Å². The van der Waals surface area contributed by atoms with Gasteiger partial charge in [-0.15, -0.1) is 0 Å². The number of nitrogens with one attached hydrogen (secondary N) is 1. The molecule has 4 nitrogen and oxygen atoms in total. The monoisotopic (exact) mass is 284 g/mol. The van der Waals surface area contributed by atoms with Crippen LogP contribution >= 0.6 is 0 Å². The maximum absolute atomic E-state index is 11.3. The van der Waals surface area contributed by atoms with E-state index in [1.165, 1.54) is 6.26 Å². The lowest BCUT2D eigenvalue weighted by Crippen LogP contribution is -2.28. The topological polar surface area (TPSA) is 49.4 Å². The third-order valence-electron chi connectivity index (χ3n) is 3.18. The van der Waals surface area contributed by atoms with Gasteiger partial charge in [0, 0.05) is 24.5 Å². The van der Waals surface area contributed by atoms with Crippen molar-refractivity contribution in [3.63, 3.8) is 0 Å². The van der Waals surface area contributed by atoms with Crippen molar-refractivity contribution in [2.45, 2.75) is 31.2 Å². The van der Waals surface area contributed by atoms with Crippen LogP contribution in [0.4, 0.5) is 5.69 Å². The molecule has 0 saturated carbocycles. The fourth-order valence-electron chi connectivity index (χ4n) is 1.64. The highest BCUT2D eigenvalue weighted by Crippen LogP contribution is 2.13. The first-order valence-electron chi connectivity index (χ1n) is 6.55. The molecular formula is C14H24N2O2S. The van der Waals surface area contributed by atoms with Gasteiger partial charge in [-0.3, -0.25) is 0 Å². The van der Waals surface area contributed by atoms with E-state index in [1.807, 2.05) is 12.1 Å². The summed E-state index contributed by atoms with van der Waals surface area (Å²) in [5.74, 6) is 0. The average molecular weight is 284 g/mol. The van der Waals surface area contributed by atoms with Crippen LogP contribution in [0.3, 0.4) is 0 Å². The van der Waals surface area contributed by atoms with E-state index in [0.717, 1.165) is 25.2 Å². The van der Waals surface area contributed by atoms with Gasteiger partial charge < -0.3 is 10.2 Å². The first-order valence-corrected chi connectivity index (χ1v) is 8.44. The molecule has 19 heavy (non-hydrogen) atoms. The average Bonchev–Trinajstić information content (AvgIpc) is 2.33.